The van der Waals surface area contributed by atoms with E-state index >= 15 is 0 Å². The molecule has 0 heterocycles. The van der Waals surface area contributed by atoms with Gasteiger partial charge in [-0.1, -0.05) is 36.4 Å². The molecule has 1 N–H and O–H groups in total. The van der Waals surface area contributed by atoms with Crippen molar-refractivity contribution in [2.75, 3.05) is 13.7 Å². The van der Waals surface area contributed by atoms with Crippen molar-refractivity contribution < 1.29 is 32.6 Å². The molecule has 0 radical (unpaired) electrons. The number of rotatable bonds is 9. The molecule has 28 heavy (non-hydrogen) atoms. The van der Waals surface area contributed by atoms with Crippen molar-refractivity contribution in [1.29, 1.82) is 0 Å². The van der Waals surface area contributed by atoms with Gasteiger partial charge in [0.15, 0.2) is 18.1 Å². The van der Waals surface area contributed by atoms with E-state index in [-0.39, 0.29) is 11.5 Å². The number of alkyl halides is 2. The third kappa shape index (κ3) is 7.06. The Balaban J connectivity index is 1.81. The first-order chi connectivity index (χ1) is 13.5. The van der Waals surface area contributed by atoms with Crippen molar-refractivity contribution in [2.24, 2.45) is 0 Å². The topological polar surface area (TPSA) is 73.9 Å². The quantitative estimate of drug-likeness (QED) is 0.525. The molecule has 0 aliphatic heterocycles. The summed E-state index contributed by atoms with van der Waals surface area (Å²) in [5.74, 6) is -1.18. The highest BCUT2D eigenvalue weighted by molar-refractivity contribution is 5.89. The van der Waals surface area contributed by atoms with Crippen molar-refractivity contribution in [3.05, 3.63) is 65.7 Å². The van der Waals surface area contributed by atoms with E-state index in [4.69, 9.17) is 9.47 Å². The largest absolute Gasteiger partial charge is 0.493 e. The van der Waals surface area contributed by atoms with Crippen molar-refractivity contribution in [2.45, 2.75) is 13.2 Å². The molecule has 0 spiro atoms. The molecule has 0 unspecified atom stereocenters. The van der Waals surface area contributed by atoms with E-state index in [0.717, 1.165) is 11.6 Å². The summed E-state index contributed by atoms with van der Waals surface area (Å²) < 4.78 is 38.8. The molecule has 0 aliphatic carbocycles. The van der Waals surface area contributed by atoms with Gasteiger partial charge in [0, 0.05) is 12.6 Å². The van der Waals surface area contributed by atoms with Crippen LogP contribution in [0.25, 0.3) is 6.08 Å². The Labute approximate surface area is 160 Å². The van der Waals surface area contributed by atoms with Crippen LogP contribution in [0.15, 0.2) is 54.6 Å². The first-order valence-corrected chi connectivity index (χ1v) is 8.26. The Morgan fingerprint density at radius 2 is 1.86 bits per heavy atom. The Morgan fingerprint density at radius 3 is 2.54 bits per heavy atom. The molecule has 148 valence electrons. The van der Waals surface area contributed by atoms with Crippen LogP contribution in [0.4, 0.5) is 8.78 Å². The molecule has 2 aromatic rings. The fourth-order valence-electron chi connectivity index (χ4n) is 2.18. The summed E-state index contributed by atoms with van der Waals surface area (Å²) in [6.45, 7) is -3.06. The van der Waals surface area contributed by atoms with Crippen molar-refractivity contribution in [3.8, 4) is 11.5 Å². The van der Waals surface area contributed by atoms with Crippen LogP contribution in [-0.2, 0) is 20.9 Å². The van der Waals surface area contributed by atoms with Gasteiger partial charge in [0.25, 0.3) is 5.91 Å². The average Bonchev–Trinajstić information content (AvgIpc) is 2.70. The SMILES string of the molecule is COc1cc(/C=C/C(=O)OCC(=O)NCc2ccccc2)ccc1OC(F)F. The van der Waals surface area contributed by atoms with E-state index in [1.807, 2.05) is 30.3 Å². The fourth-order valence-corrected chi connectivity index (χ4v) is 2.18. The smallest absolute Gasteiger partial charge is 0.387 e. The van der Waals surface area contributed by atoms with Crippen molar-refractivity contribution >= 4 is 18.0 Å². The van der Waals surface area contributed by atoms with Crippen LogP contribution < -0.4 is 14.8 Å². The third-order valence-electron chi connectivity index (χ3n) is 3.49. The van der Waals surface area contributed by atoms with E-state index < -0.39 is 25.1 Å². The van der Waals surface area contributed by atoms with E-state index in [9.17, 15) is 18.4 Å². The van der Waals surface area contributed by atoms with Crippen molar-refractivity contribution in [3.63, 3.8) is 0 Å². The summed E-state index contributed by atoms with van der Waals surface area (Å²) in [6, 6.07) is 13.5. The van der Waals surface area contributed by atoms with Gasteiger partial charge in [-0.3, -0.25) is 4.79 Å². The predicted molar refractivity (Wildman–Crippen MR) is 97.9 cm³/mol. The minimum atomic E-state index is -2.97. The first kappa shape index (κ1) is 20.9. The lowest BCUT2D eigenvalue weighted by Crippen LogP contribution is -2.28. The van der Waals surface area contributed by atoms with E-state index in [0.29, 0.717) is 12.1 Å². The van der Waals surface area contributed by atoms with Gasteiger partial charge in [-0.25, -0.2) is 4.79 Å². The van der Waals surface area contributed by atoms with Gasteiger partial charge in [-0.05, 0) is 29.3 Å². The van der Waals surface area contributed by atoms with Crippen LogP contribution in [0, 0.1) is 0 Å². The molecule has 1 amide bonds. The summed E-state index contributed by atoms with van der Waals surface area (Å²) in [6.07, 6.45) is 2.52. The molecular weight excluding hydrogens is 372 g/mol. The number of halogens is 2. The van der Waals surface area contributed by atoms with Crippen LogP contribution in [0.1, 0.15) is 11.1 Å². The summed E-state index contributed by atoms with van der Waals surface area (Å²) in [7, 11) is 1.31. The molecule has 0 aliphatic rings. The number of esters is 1. The summed E-state index contributed by atoms with van der Waals surface area (Å²) in [4.78, 5) is 23.4. The van der Waals surface area contributed by atoms with E-state index in [1.165, 1.54) is 31.4 Å². The molecule has 0 atom stereocenters. The predicted octanol–water partition coefficient (Wildman–Crippen LogP) is 3.17. The van der Waals surface area contributed by atoms with Gasteiger partial charge >= 0.3 is 12.6 Å². The average molecular weight is 391 g/mol. The molecule has 0 fully saturated rings. The Morgan fingerprint density at radius 1 is 1.11 bits per heavy atom. The minimum Gasteiger partial charge on any atom is -0.493 e. The number of methoxy groups -OCH3 is 1. The number of carbonyl (C=O) groups excluding carboxylic acids is 2. The van der Waals surface area contributed by atoms with Gasteiger partial charge in [0.05, 0.1) is 7.11 Å². The van der Waals surface area contributed by atoms with E-state index in [2.05, 4.69) is 10.1 Å². The number of benzene rings is 2. The number of amides is 1. The number of nitrogens with one attached hydrogen (secondary N) is 1. The second-order valence-electron chi connectivity index (χ2n) is 5.49. The normalized spacial score (nSPS) is 10.7. The van der Waals surface area contributed by atoms with Crippen LogP contribution in [0.5, 0.6) is 11.5 Å². The monoisotopic (exact) mass is 391 g/mol. The number of ether oxygens (including phenoxy) is 3. The van der Waals surface area contributed by atoms with Gasteiger partial charge in [-0.15, -0.1) is 0 Å². The second kappa shape index (κ2) is 10.7. The first-order valence-electron chi connectivity index (χ1n) is 8.26. The zero-order valence-corrected chi connectivity index (χ0v) is 15.1. The van der Waals surface area contributed by atoms with Gasteiger partial charge in [0.2, 0.25) is 0 Å². The van der Waals surface area contributed by atoms with Gasteiger partial charge in [-0.2, -0.15) is 8.78 Å². The maximum atomic E-state index is 12.3. The maximum Gasteiger partial charge on any atom is 0.387 e. The maximum absolute atomic E-state index is 12.3. The molecule has 2 aromatic carbocycles. The lowest BCUT2D eigenvalue weighted by Gasteiger charge is -2.10. The van der Waals surface area contributed by atoms with Crippen molar-refractivity contribution in [1.82, 2.24) is 5.32 Å². The summed E-state index contributed by atoms with van der Waals surface area (Å²) in [5.41, 5.74) is 1.43. The standard InChI is InChI=1S/C20H19F2NO5/c1-26-17-11-14(7-9-16(17)28-20(21)22)8-10-19(25)27-13-18(24)23-12-15-5-3-2-4-6-15/h2-11,20H,12-13H2,1H3,(H,23,24)/b10-8+. The lowest BCUT2D eigenvalue weighted by atomic mass is 10.2. The van der Waals surface area contributed by atoms with Crippen LogP contribution in [0.2, 0.25) is 0 Å². The molecule has 2 rings (SSSR count). The minimum absolute atomic E-state index is 0.0936. The molecule has 0 saturated heterocycles. The number of hydrogen-bond donors (Lipinski definition) is 1. The highest BCUT2D eigenvalue weighted by Gasteiger charge is 2.10. The fraction of sp³-hybridized carbons (Fsp3) is 0.200. The molecule has 0 saturated carbocycles. The zero-order valence-electron chi connectivity index (χ0n) is 15.1. The van der Waals surface area contributed by atoms with E-state index in [1.54, 1.807) is 0 Å². The zero-order chi connectivity index (χ0) is 20.4. The molecular formula is C20H19F2NO5. The molecule has 8 heteroatoms. The number of hydrogen-bond acceptors (Lipinski definition) is 5. The van der Waals surface area contributed by atoms with Gasteiger partial charge in [0.1, 0.15) is 0 Å². The van der Waals surface area contributed by atoms with Crippen LogP contribution in [0.3, 0.4) is 0 Å². The van der Waals surface area contributed by atoms with Gasteiger partial charge < -0.3 is 19.5 Å². The third-order valence-corrected chi connectivity index (χ3v) is 3.49. The lowest BCUT2D eigenvalue weighted by molar-refractivity contribution is -0.143. The second-order valence-corrected chi connectivity index (χ2v) is 5.49. The van der Waals surface area contributed by atoms with Crippen LogP contribution in [-0.4, -0.2) is 32.2 Å². The molecule has 0 bridgehead atoms. The molecule has 6 nitrogen and oxygen atoms in total. The summed E-state index contributed by atoms with van der Waals surface area (Å²) >= 11 is 0. The highest BCUT2D eigenvalue weighted by Crippen LogP contribution is 2.29. The Bertz CT molecular complexity index is 825. The Hall–Kier alpha value is -3.42. The highest BCUT2D eigenvalue weighted by atomic mass is 19.3. The number of carbonyl (C=O) groups is 2. The molecule has 0 aromatic heterocycles. The Kier molecular flexibility index (Phi) is 7.95. The van der Waals surface area contributed by atoms with Crippen LogP contribution >= 0.6 is 0 Å². The summed E-state index contributed by atoms with van der Waals surface area (Å²) in [5, 5.41) is 2.63.